The normalized spacial score (nSPS) is 11.4. The number of carbonyl (C=O) groups is 2. The van der Waals surface area contributed by atoms with Crippen molar-refractivity contribution in [3.63, 3.8) is 0 Å². The molecule has 0 radical (unpaired) electrons. The average molecular weight is 774 g/mol. The molecule has 0 aliphatic carbocycles. The van der Waals surface area contributed by atoms with E-state index in [1.807, 2.05) is 54.6 Å². The molecule has 0 aliphatic rings. The Kier molecular flexibility index (Phi) is 13.1. The molecule has 0 spiro atoms. The molecule has 8 heteroatoms. The van der Waals surface area contributed by atoms with Gasteiger partial charge in [0.2, 0.25) is 0 Å². The van der Waals surface area contributed by atoms with E-state index in [1.165, 1.54) is 5.56 Å². The highest BCUT2D eigenvalue weighted by molar-refractivity contribution is 6.01. The number of aryl methyl sites for hydroxylation is 3. The van der Waals surface area contributed by atoms with Gasteiger partial charge in [-0.2, -0.15) is 0 Å². The number of para-hydroxylation sites is 2. The third-order valence-corrected chi connectivity index (χ3v) is 11.2. The molecule has 7 rings (SSSR count). The molecule has 58 heavy (non-hydrogen) atoms. The molecule has 0 atom stereocenters. The van der Waals surface area contributed by atoms with Crippen LogP contribution in [0.5, 0.6) is 5.75 Å². The lowest BCUT2D eigenvalue weighted by atomic mass is 9.98. The molecule has 5 aromatic carbocycles. The van der Waals surface area contributed by atoms with Crippen molar-refractivity contribution < 1.29 is 14.3 Å². The van der Waals surface area contributed by atoms with Gasteiger partial charge < -0.3 is 19.2 Å². The molecule has 7 aromatic rings. The van der Waals surface area contributed by atoms with Crippen LogP contribution in [0.25, 0.3) is 44.6 Å². The fourth-order valence-electron chi connectivity index (χ4n) is 8.00. The number of hydrogen-bond donors (Lipinski definition) is 1. The number of aromatic nitrogens is 4. The standard InChI is InChI=1S/C50H55N5O3/c1-5-18-47-53-48-35(2)31-39(49-52-43-23-14-15-24-44(43)54(49)3)33-45(48)55(47)34-36-26-28-37(29-27-36)41-21-12-13-22-42(41)50(57)51-30-16-10-8-6-7-9-11-25-46(56)38-19-17-20-40(32-38)58-4/h12-15,17,19-24,26-29,31-33H,5-11,16,18,25,30,34H2,1-4H3,(H,51,57). The van der Waals surface area contributed by atoms with Crippen LogP contribution in [-0.4, -0.2) is 44.4 Å². The minimum absolute atomic E-state index is 0.0405. The number of methoxy groups -OCH3 is 1. The van der Waals surface area contributed by atoms with Gasteiger partial charge in [-0.15, -0.1) is 0 Å². The maximum atomic E-state index is 13.4. The summed E-state index contributed by atoms with van der Waals surface area (Å²) in [6, 6.07) is 36.6. The van der Waals surface area contributed by atoms with E-state index in [1.54, 1.807) is 7.11 Å². The highest BCUT2D eigenvalue weighted by atomic mass is 16.5. The largest absolute Gasteiger partial charge is 0.497 e. The molecule has 1 amide bonds. The number of imidazole rings is 2. The van der Waals surface area contributed by atoms with Gasteiger partial charge in [0.1, 0.15) is 17.4 Å². The van der Waals surface area contributed by atoms with E-state index < -0.39 is 0 Å². The number of rotatable bonds is 19. The lowest BCUT2D eigenvalue weighted by Crippen LogP contribution is -2.25. The highest BCUT2D eigenvalue weighted by Gasteiger charge is 2.18. The number of ether oxygens (including phenoxy) is 1. The van der Waals surface area contributed by atoms with Crippen molar-refractivity contribution in [1.29, 1.82) is 0 Å². The number of hydrogen-bond acceptors (Lipinski definition) is 5. The first-order chi connectivity index (χ1) is 28.3. The Bertz CT molecular complexity index is 2510. The molecule has 0 saturated carbocycles. The minimum atomic E-state index is -0.0405. The van der Waals surface area contributed by atoms with Gasteiger partial charge in [0.05, 0.1) is 29.2 Å². The Balaban J connectivity index is 0.933. The Hall–Kier alpha value is -6.02. The van der Waals surface area contributed by atoms with Crippen molar-refractivity contribution in [2.24, 2.45) is 7.05 Å². The van der Waals surface area contributed by atoms with Gasteiger partial charge in [-0.3, -0.25) is 9.59 Å². The van der Waals surface area contributed by atoms with Gasteiger partial charge >= 0.3 is 0 Å². The number of carbonyl (C=O) groups excluding carboxylic acids is 2. The summed E-state index contributed by atoms with van der Waals surface area (Å²) in [7, 11) is 3.70. The van der Waals surface area contributed by atoms with Crippen LogP contribution < -0.4 is 10.1 Å². The van der Waals surface area contributed by atoms with Crippen molar-refractivity contribution >= 4 is 33.8 Å². The van der Waals surface area contributed by atoms with Gasteiger partial charge in [0, 0.05) is 49.7 Å². The number of unbranched alkanes of at least 4 members (excludes halogenated alkanes) is 6. The van der Waals surface area contributed by atoms with Gasteiger partial charge in [0.15, 0.2) is 5.78 Å². The lowest BCUT2D eigenvalue weighted by Gasteiger charge is -2.13. The molecule has 0 unspecified atom stereocenters. The van der Waals surface area contributed by atoms with Gasteiger partial charge in [-0.05, 0) is 90.9 Å². The van der Waals surface area contributed by atoms with Crippen LogP contribution in [0.15, 0.2) is 109 Å². The Morgan fingerprint density at radius 2 is 1.48 bits per heavy atom. The van der Waals surface area contributed by atoms with Crippen LogP contribution in [0.2, 0.25) is 0 Å². The summed E-state index contributed by atoms with van der Waals surface area (Å²) in [5.74, 6) is 2.88. The second-order valence-corrected chi connectivity index (χ2v) is 15.4. The van der Waals surface area contributed by atoms with E-state index >= 15 is 0 Å². The van der Waals surface area contributed by atoms with Crippen molar-refractivity contribution in [3.8, 4) is 28.3 Å². The Morgan fingerprint density at radius 1 is 0.741 bits per heavy atom. The molecular formula is C50H55N5O3. The monoisotopic (exact) mass is 773 g/mol. The number of benzene rings is 5. The molecule has 0 fully saturated rings. The number of Topliss-reactive ketones (excluding diaryl/α,β-unsaturated/α-hetero) is 1. The molecule has 298 valence electrons. The maximum Gasteiger partial charge on any atom is 0.251 e. The van der Waals surface area contributed by atoms with Crippen LogP contribution >= 0.6 is 0 Å². The number of nitrogens with zero attached hydrogens (tertiary/aromatic N) is 4. The Morgan fingerprint density at radius 3 is 2.26 bits per heavy atom. The molecule has 0 aliphatic heterocycles. The van der Waals surface area contributed by atoms with Crippen LogP contribution in [0.4, 0.5) is 0 Å². The van der Waals surface area contributed by atoms with Crippen LogP contribution in [-0.2, 0) is 20.0 Å². The summed E-state index contributed by atoms with van der Waals surface area (Å²) >= 11 is 0. The Labute approximate surface area is 342 Å². The molecule has 2 aromatic heterocycles. The zero-order valence-corrected chi connectivity index (χ0v) is 34.4. The summed E-state index contributed by atoms with van der Waals surface area (Å²) in [6.07, 6.45) is 9.82. The van der Waals surface area contributed by atoms with Crippen molar-refractivity contribution in [1.82, 2.24) is 24.4 Å². The first-order valence-corrected chi connectivity index (χ1v) is 20.9. The van der Waals surface area contributed by atoms with Crippen LogP contribution in [0.1, 0.15) is 102 Å². The summed E-state index contributed by atoms with van der Waals surface area (Å²) in [6.45, 7) is 5.69. The maximum absolute atomic E-state index is 13.4. The smallest absolute Gasteiger partial charge is 0.251 e. The van der Waals surface area contributed by atoms with Crippen molar-refractivity contribution in [2.75, 3.05) is 13.7 Å². The SMILES string of the molecule is CCCc1nc2c(C)cc(-c3nc4ccccc4n3C)cc2n1Cc1ccc(-c2ccccc2C(=O)NCCCCCCCCCC(=O)c2cccc(OC)c2)cc1. The number of ketones is 1. The highest BCUT2D eigenvalue weighted by Crippen LogP contribution is 2.31. The average Bonchev–Trinajstić information content (AvgIpc) is 3.78. The minimum Gasteiger partial charge on any atom is -0.497 e. The predicted molar refractivity (Wildman–Crippen MR) is 236 cm³/mol. The van der Waals surface area contributed by atoms with E-state index in [9.17, 15) is 9.59 Å². The molecule has 8 nitrogen and oxygen atoms in total. The summed E-state index contributed by atoms with van der Waals surface area (Å²) in [4.78, 5) is 36.0. The fraction of sp³-hybridized carbons (Fsp3) is 0.320. The van der Waals surface area contributed by atoms with Gasteiger partial charge in [0.25, 0.3) is 5.91 Å². The van der Waals surface area contributed by atoms with Gasteiger partial charge in [-0.25, -0.2) is 9.97 Å². The van der Waals surface area contributed by atoms with E-state index in [-0.39, 0.29) is 11.7 Å². The zero-order valence-electron chi connectivity index (χ0n) is 34.4. The van der Waals surface area contributed by atoms with Crippen molar-refractivity contribution in [3.05, 3.63) is 137 Å². The number of fused-ring (bicyclic) bond motifs is 2. The van der Waals surface area contributed by atoms with Gasteiger partial charge in [-0.1, -0.05) is 106 Å². The second kappa shape index (κ2) is 18.9. The third kappa shape index (κ3) is 9.23. The first-order valence-electron chi connectivity index (χ1n) is 20.9. The topological polar surface area (TPSA) is 91.0 Å². The molecule has 1 N–H and O–H groups in total. The zero-order chi connectivity index (χ0) is 40.4. The molecule has 0 saturated heterocycles. The summed E-state index contributed by atoms with van der Waals surface area (Å²) in [5, 5.41) is 3.16. The first kappa shape index (κ1) is 40.2. The summed E-state index contributed by atoms with van der Waals surface area (Å²) in [5.41, 5.74) is 11.0. The van der Waals surface area contributed by atoms with E-state index in [0.29, 0.717) is 25.1 Å². The lowest BCUT2D eigenvalue weighted by molar-refractivity contribution is 0.0951. The summed E-state index contributed by atoms with van der Waals surface area (Å²) < 4.78 is 9.77. The number of nitrogens with one attached hydrogen (secondary N) is 1. The van der Waals surface area contributed by atoms with E-state index in [0.717, 1.165) is 125 Å². The predicted octanol–water partition coefficient (Wildman–Crippen LogP) is 11.3. The van der Waals surface area contributed by atoms with Crippen LogP contribution in [0.3, 0.4) is 0 Å². The van der Waals surface area contributed by atoms with E-state index in [2.05, 4.69) is 89.9 Å². The fourth-order valence-corrected chi connectivity index (χ4v) is 8.00. The second-order valence-electron chi connectivity index (χ2n) is 15.4. The molecule has 0 bridgehead atoms. The molecular weight excluding hydrogens is 719 g/mol. The third-order valence-electron chi connectivity index (χ3n) is 11.2. The van der Waals surface area contributed by atoms with E-state index in [4.69, 9.17) is 14.7 Å². The quantitative estimate of drug-likeness (QED) is 0.0653. The van der Waals surface area contributed by atoms with Crippen molar-refractivity contribution in [2.45, 2.75) is 84.6 Å². The number of amides is 1. The molecule has 2 heterocycles. The van der Waals surface area contributed by atoms with Crippen LogP contribution in [0, 0.1) is 6.92 Å².